The lowest BCUT2D eigenvalue weighted by Crippen LogP contribution is -2.34. The number of carbonyl (C=O) groups is 1. The highest BCUT2D eigenvalue weighted by Crippen LogP contribution is 2.27. The van der Waals surface area contributed by atoms with Crippen molar-refractivity contribution in [1.82, 2.24) is 5.32 Å². The van der Waals surface area contributed by atoms with E-state index in [2.05, 4.69) is 12.2 Å². The Hall–Kier alpha value is -0.570. The Labute approximate surface area is 92.3 Å². The maximum absolute atomic E-state index is 10.5. The Morgan fingerprint density at radius 3 is 2.87 bits per heavy atom. The summed E-state index contributed by atoms with van der Waals surface area (Å²) in [4.78, 5) is 10.5. The van der Waals surface area contributed by atoms with E-state index in [-0.39, 0.29) is 12.5 Å². The van der Waals surface area contributed by atoms with Gasteiger partial charge in [-0.3, -0.25) is 4.79 Å². The third kappa shape index (κ3) is 5.17. The second kappa shape index (κ2) is 6.11. The molecule has 0 amide bonds. The van der Waals surface area contributed by atoms with Gasteiger partial charge < -0.3 is 10.4 Å². The summed E-state index contributed by atoms with van der Waals surface area (Å²) in [6, 6.07) is 0.0970. The summed E-state index contributed by atoms with van der Waals surface area (Å²) in [5.74, 6) is 0.886. The summed E-state index contributed by atoms with van der Waals surface area (Å²) in [6.07, 6.45) is 5.52. The molecule has 0 aromatic carbocycles. The topological polar surface area (TPSA) is 49.3 Å². The standard InChI is InChI=1S/C12H23NO2/c1-9-4-3-5-11(6-9)8-13-10(2)7-12(14)15/h9-11,13H,3-8H2,1-2H3,(H,14,15). The molecule has 3 unspecified atom stereocenters. The Morgan fingerprint density at radius 1 is 1.53 bits per heavy atom. The van der Waals surface area contributed by atoms with E-state index in [0.29, 0.717) is 0 Å². The lowest BCUT2D eigenvalue weighted by atomic mass is 9.82. The Morgan fingerprint density at radius 2 is 2.27 bits per heavy atom. The predicted molar refractivity (Wildman–Crippen MR) is 60.8 cm³/mol. The Balaban J connectivity index is 2.15. The van der Waals surface area contributed by atoms with E-state index in [9.17, 15) is 4.79 Å². The monoisotopic (exact) mass is 213 g/mol. The number of aliphatic carboxylic acids is 1. The molecule has 3 heteroatoms. The van der Waals surface area contributed by atoms with Gasteiger partial charge >= 0.3 is 5.97 Å². The maximum atomic E-state index is 10.5. The van der Waals surface area contributed by atoms with Gasteiger partial charge in [-0.2, -0.15) is 0 Å². The van der Waals surface area contributed by atoms with Gasteiger partial charge in [0, 0.05) is 6.04 Å². The normalized spacial score (nSPS) is 28.7. The van der Waals surface area contributed by atoms with Crippen molar-refractivity contribution in [2.45, 2.75) is 52.0 Å². The second-order valence-electron chi connectivity index (χ2n) is 5.04. The summed E-state index contributed by atoms with van der Waals surface area (Å²) in [5.41, 5.74) is 0. The number of carboxylic acids is 1. The lowest BCUT2D eigenvalue weighted by molar-refractivity contribution is -0.137. The van der Waals surface area contributed by atoms with Crippen LogP contribution in [0.15, 0.2) is 0 Å². The molecule has 0 aromatic heterocycles. The fourth-order valence-electron chi connectivity index (χ4n) is 2.45. The van der Waals surface area contributed by atoms with E-state index in [0.717, 1.165) is 18.4 Å². The van der Waals surface area contributed by atoms with Crippen LogP contribution in [0.25, 0.3) is 0 Å². The zero-order valence-electron chi connectivity index (χ0n) is 9.83. The molecule has 0 saturated heterocycles. The van der Waals surface area contributed by atoms with Crippen molar-refractivity contribution in [3.8, 4) is 0 Å². The van der Waals surface area contributed by atoms with Crippen LogP contribution in [0.1, 0.15) is 46.0 Å². The van der Waals surface area contributed by atoms with Gasteiger partial charge in [0.2, 0.25) is 0 Å². The van der Waals surface area contributed by atoms with Crippen LogP contribution >= 0.6 is 0 Å². The Kier molecular flexibility index (Phi) is 5.09. The fraction of sp³-hybridized carbons (Fsp3) is 0.917. The van der Waals surface area contributed by atoms with Crippen molar-refractivity contribution in [2.24, 2.45) is 11.8 Å². The highest BCUT2D eigenvalue weighted by atomic mass is 16.4. The van der Waals surface area contributed by atoms with Gasteiger partial charge in [0.05, 0.1) is 6.42 Å². The molecule has 0 radical (unpaired) electrons. The van der Waals surface area contributed by atoms with Crippen LogP contribution in [0.5, 0.6) is 0 Å². The largest absolute Gasteiger partial charge is 0.481 e. The molecule has 3 nitrogen and oxygen atoms in total. The molecule has 0 aliphatic heterocycles. The first-order chi connectivity index (χ1) is 7.08. The summed E-state index contributed by atoms with van der Waals surface area (Å²) in [5, 5.41) is 11.9. The molecule has 0 aromatic rings. The third-order valence-corrected chi connectivity index (χ3v) is 3.28. The van der Waals surface area contributed by atoms with Crippen LogP contribution in [0.4, 0.5) is 0 Å². The number of carboxylic acid groups (broad SMARTS) is 1. The zero-order chi connectivity index (χ0) is 11.3. The first-order valence-electron chi connectivity index (χ1n) is 6.03. The van der Waals surface area contributed by atoms with Crippen molar-refractivity contribution < 1.29 is 9.90 Å². The first-order valence-corrected chi connectivity index (χ1v) is 6.03. The van der Waals surface area contributed by atoms with Crippen LogP contribution < -0.4 is 5.32 Å². The molecule has 15 heavy (non-hydrogen) atoms. The second-order valence-corrected chi connectivity index (χ2v) is 5.04. The van der Waals surface area contributed by atoms with Crippen LogP contribution in [-0.4, -0.2) is 23.7 Å². The van der Waals surface area contributed by atoms with Gasteiger partial charge in [-0.25, -0.2) is 0 Å². The molecular weight excluding hydrogens is 190 g/mol. The molecule has 1 saturated carbocycles. The van der Waals surface area contributed by atoms with E-state index in [4.69, 9.17) is 5.11 Å². The molecule has 1 aliphatic carbocycles. The SMILES string of the molecule is CC1CCCC(CNC(C)CC(=O)O)C1. The molecule has 88 valence electrons. The molecular formula is C12H23NO2. The van der Waals surface area contributed by atoms with E-state index < -0.39 is 5.97 Å². The van der Waals surface area contributed by atoms with Gasteiger partial charge in [0.25, 0.3) is 0 Å². The average Bonchev–Trinajstić information content (AvgIpc) is 2.14. The predicted octanol–water partition coefficient (Wildman–Crippen LogP) is 2.27. The quantitative estimate of drug-likeness (QED) is 0.736. The minimum absolute atomic E-state index is 0.0970. The van der Waals surface area contributed by atoms with Gasteiger partial charge in [-0.1, -0.05) is 19.8 Å². The van der Waals surface area contributed by atoms with Crippen molar-refractivity contribution in [1.29, 1.82) is 0 Å². The molecule has 0 spiro atoms. The molecule has 0 heterocycles. The van der Waals surface area contributed by atoms with Crippen molar-refractivity contribution in [3.05, 3.63) is 0 Å². The summed E-state index contributed by atoms with van der Waals surface area (Å²) in [6.45, 7) is 5.24. The highest BCUT2D eigenvalue weighted by Gasteiger charge is 2.19. The summed E-state index contributed by atoms with van der Waals surface area (Å²) < 4.78 is 0. The number of hydrogen-bond donors (Lipinski definition) is 2. The van der Waals surface area contributed by atoms with E-state index in [1.807, 2.05) is 6.92 Å². The van der Waals surface area contributed by atoms with E-state index >= 15 is 0 Å². The molecule has 1 aliphatic rings. The van der Waals surface area contributed by atoms with Crippen LogP contribution in [0.3, 0.4) is 0 Å². The van der Waals surface area contributed by atoms with Crippen molar-refractivity contribution in [3.63, 3.8) is 0 Å². The molecule has 1 rings (SSSR count). The molecule has 3 atom stereocenters. The van der Waals surface area contributed by atoms with Crippen molar-refractivity contribution >= 4 is 5.97 Å². The Bertz CT molecular complexity index is 206. The van der Waals surface area contributed by atoms with Gasteiger partial charge in [0.1, 0.15) is 0 Å². The minimum atomic E-state index is -0.716. The molecule has 1 fully saturated rings. The highest BCUT2D eigenvalue weighted by molar-refractivity contribution is 5.67. The minimum Gasteiger partial charge on any atom is -0.481 e. The van der Waals surface area contributed by atoms with E-state index in [1.54, 1.807) is 0 Å². The van der Waals surface area contributed by atoms with Crippen LogP contribution in [0, 0.1) is 11.8 Å². The molecule has 0 bridgehead atoms. The number of rotatable bonds is 5. The maximum Gasteiger partial charge on any atom is 0.304 e. The zero-order valence-corrected chi connectivity index (χ0v) is 9.83. The number of hydrogen-bond acceptors (Lipinski definition) is 2. The summed E-state index contributed by atoms with van der Waals surface area (Å²) in [7, 11) is 0. The lowest BCUT2D eigenvalue weighted by Gasteiger charge is -2.27. The number of nitrogens with one attached hydrogen (secondary N) is 1. The van der Waals surface area contributed by atoms with Crippen molar-refractivity contribution in [2.75, 3.05) is 6.54 Å². The average molecular weight is 213 g/mol. The fourth-order valence-corrected chi connectivity index (χ4v) is 2.45. The van der Waals surface area contributed by atoms with Crippen LogP contribution in [0.2, 0.25) is 0 Å². The van der Waals surface area contributed by atoms with Gasteiger partial charge in [-0.05, 0) is 38.1 Å². The summed E-state index contributed by atoms with van der Waals surface area (Å²) >= 11 is 0. The van der Waals surface area contributed by atoms with Gasteiger partial charge in [0.15, 0.2) is 0 Å². The smallest absolute Gasteiger partial charge is 0.304 e. The third-order valence-electron chi connectivity index (χ3n) is 3.28. The molecule has 2 N–H and O–H groups in total. The van der Waals surface area contributed by atoms with E-state index in [1.165, 1.54) is 25.7 Å². The first kappa shape index (κ1) is 12.5. The van der Waals surface area contributed by atoms with Gasteiger partial charge in [-0.15, -0.1) is 0 Å². The van der Waals surface area contributed by atoms with Crippen LogP contribution in [-0.2, 0) is 4.79 Å².